The Labute approximate surface area is 190 Å². The fourth-order valence-corrected chi connectivity index (χ4v) is 3.78. The Morgan fingerprint density at radius 2 is 1.79 bits per heavy atom. The fraction of sp³-hybridized carbons (Fsp3) is 0.409. The molecule has 1 saturated carbocycles. The summed E-state index contributed by atoms with van der Waals surface area (Å²) < 4.78 is 25.4. The van der Waals surface area contributed by atoms with Gasteiger partial charge in [0.1, 0.15) is 17.3 Å². The lowest BCUT2D eigenvalue weighted by molar-refractivity contribution is 0.1000. The van der Waals surface area contributed by atoms with Crippen LogP contribution < -0.4 is 31.2 Å². The molecule has 33 heavy (non-hydrogen) atoms. The zero-order chi connectivity index (χ0) is 24.1. The van der Waals surface area contributed by atoms with E-state index < -0.39 is 23.9 Å². The van der Waals surface area contributed by atoms with Crippen LogP contribution in [0.1, 0.15) is 36.5 Å². The second-order valence-electron chi connectivity index (χ2n) is 7.90. The molecule has 1 fully saturated rings. The zero-order valence-corrected chi connectivity index (χ0v) is 18.6. The molecular weight excluding hydrogens is 433 g/mol. The first-order valence-electron chi connectivity index (χ1n) is 10.5. The molecule has 0 unspecified atom stereocenters. The van der Waals surface area contributed by atoms with Crippen molar-refractivity contribution in [1.82, 2.24) is 10.3 Å². The molecule has 1 aromatic carbocycles. The number of hydrogen-bond acceptors (Lipinski definition) is 7. The number of nitrogens with two attached hydrogens (primary N) is 1. The highest BCUT2D eigenvalue weighted by molar-refractivity contribution is 5.98. The van der Waals surface area contributed by atoms with Crippen LogP contribution in [0.25, 0.3) is 0 Å². The van der Waals surface area contributed by atoms with Crippen LogP contribution in [0.3, 0.4) is 0 Å². The molecule has 2 atom stereocenters. The van der Waals surface area contributed by atoms with E-state index in [0.29, 0.717) is 17.2 Å². The van der Waals surface area contributed by atoms with Gasteiger partial charge in [0.05, 0.1) is 25.8 Å². The number of methoxy groups -OCH3 is 2. The van der Waals surface area contributed by atoms with Gasteiger partial charge in [-0.05, 0) is 31.7 Å². The predicted octanol–water partition coefficient (Wildman–Crippen LogP) is 3.32. The van der Waals surface area contributed by atoms with Gasteiger partial charge in [-0.3, -0.25) is 4.79 Å². The first-order chi connectivity index (χ1) is 15.7. The van der Waals surface area contributed by atoms with Crippen molar-refractivity contribution in [2.45, 2.75) is 38.3 Å². The number of carboxylic acid groups (broad SMARTS) is 1. The number of nitrogens with one attached hydrogen (secondary N) is 3. The molecular formula is C22H28FN5O5. The van der Waals surface area contributed by atoms with Crippen molar-refractivity contribution in [3.8, 4) is 11.5 Å². The third-order valence-corrected chi connectivity index (χ3v) is 5.71. The Hall–Kier alpha value is -3.76. The van der Waals surface area contributed by atoms with Gasteiger partial charge in [-0.25, -0.2) is 14.2 Å². The van der Waals surface area contributed by atoms with Crippen LogP contribution in [0, 0.1) is 11.7 Å². The number of benzene rings is 1. The highest BCUT2D eigenvalue weighted by atomic mass is 19.1. The number of primary amides is 1. The largest absolute Gasteiger partial charge is 0.497 e. The maximum absolute atomic E-state index is 14.9. The number of nitrogens with zero attached hydrogens (tertiary/aromatic N) is 1. The molecule has 6 N–H and O–H groups in total. The van der Waals surface area contributed by atoms with E-state index in [2.05, 4.69) is 20.9 Å². The minimum atomic E-state index is -1.17. The maximum atomic E-state index is 14.9. The van der Waals surface area contributed by atoms with E-state index in [1.54, 1.807) is 25.1 Å². The summed E-state index contributed by atoms with van der Waals surface area (Å²) in [4.78, 5) is 27.4. The van der Waals surface area contributed by atoms with Crippen LogP contribution in [0.4, 0.5) is 26.5 Å². The van der Waals surface area contributed by atoms with Crippen molar-refractivity contribution in [3.63, 3.8) is 0 Å². The summed E-state index contributed by atoms with van der Waals surface area (Å²) >= 11 is 0. The van der Waals surface area contributed by atoms with Crippen LogP contribution >= 0.6 is 0 Å². The standard InChI is InChI=1S/C22H28FN5O5/c1-11(25-22(30)31)18(12-5-4-6-12)27-21-17(23)10-16(19(24)29)20(28-21)26-13-7-14(32-2)9-15(8-13)33-3/h7-12,18,25H,4-6H2,1-3H3,(H2,24,29)(H,30,31)(H2,26,27,28)/t11-,18+/m0/s1. The van der Waals surface area contributed by atoms with Gasteiger partial charge in [0.2, 0.25) is 0 Å². The lowest BCUT2D eigenvalue weighted by Crippen LogP contribution is -2.50. The smallest absolute Gasteiger partial charge is 0.404 e. The first kappa shape index (κ1) is 23.9. The number of ether oxygens (including phenoxy) is 2. The first-order valence-corrected chi connectivity index (χ1v) is 10.5. The van der Waals surface area contributed by atoms with Crippen LogP contribution in [0.5, 0.6) is 11.5 Å². The van der Waals surface area contributed by atoms with Gasteiger partial charge in [-0.15, -0.1) is 0 Å². The van der Waals surface area contributed by atoms with E-state index in [1.165, 1.54) is 14.2 Å². The molecule has 0 spiro atoms. The van der Waals surface area contributed by atoms with Crippen molar-refractivity contribution >= 4 is 29.3 Å². The molecule has 0 aliphatic heterocycles. The Balaban J connectivity index is 1.96. The van der Waals surface area contributed by atoms with E-state index in [1.807, 2.05) is 0 Å². The monoisotopic (exact) mass is 461 g/mol. The van der Waals surface area contributed by atoms with Crippen molar-refractivity contribution in [2.24, 2.45) is 11.7 Å². The highest BCUT2D eigenvalue weighted by Crippen LogP contribution is 2.34. The summed E-state index contributed by atoms with van der Waals surface area (Å²) in [6, 6.07) is 5.10. The SMILES string of the molecule is COc1cc(Nc2nc(N[C@@H](C3CCC3)[C@H](C)NC(=O)O)c(F)cc2C(N)=O)cc(OC)c1. The second-order valence-corrected chi connectivity index (χ2v) is 7.90. The molecule has 0 bridgehead atoms. The number of hydrogen-bond donors (Lipinski definition) is 5. The van der Waals surface area contributed by atoms with Gasteiger partial charge >= 0.3 is 6.09 Å². The zero-order valence-electron chi connectivity index (χ0n) is 18.6. The van der Waals surface area contributed by atoms with E-state index in [4.69, 9.17) is 20.3 Å². The molecule has 2 aromatic rings. The van der Waals surface area contributed by atoms with Crippen molar-refractivity contribution in [1.29, 1.82) is 0 Å². The number of rotatable bonds is 10. The van der Waals surface area contributed by atoms with Gasteiger partial charge in [0, 0.05) is 29.9 Å². The topological polar surface area (TPSA) is 148 Å². The van der Waals surface area contributed by atoms with Crippen molar-refractivity contribution < 1.29 is 28.6 Å². The lowest BCUT2D eigenvalue weighted by Gasteiger charge is -2.38. The average molecular weight is 461 g/mol. The number of carbonyl (C=O) groups is 2. The maximum Gasteiger partial charge on any atom is 0.404 e. The van der Waals surface area contributed by atoms with Crippen LogP contribution in [-0.4, -0.2) is 48.4 Å². The number of amides is 2. The second kappa shape index (κ2) is 10.2. The molecule has 11 heteroatoms. The number of anilines is 3. The number of aromatic nitrogens is 1. The molecule has 1 aliphatic carbocycles. The summed E-state index contributed by atoms with van der Waals surface area (Å²) in [7, 11) is 3.00. The summed E-state index contributed by atoms with van der Waals surface area (Å²) in [6.07, 6.45) is 1.63. The fourth-order valence-electron chi connectivity index (χ4n) is 3.78. The quantitative estimate of drug-likeness (QED) is 0.362. The number of pyridine rings is 1. The summed E-state index contributed by atoms with van der Waals surface area (Å²) in [5.74, 6) is -0.566. The third kappa shape index (κ3) is 5.73. The summed E-state index contributed by atoms with van der Waals surface area (Å²) in [5, 5.41) is 17.5. The minimum Gasteiger partial charge on any atom is -0.497 e. The molecule has 0 radical (unpaired) electrons. The van der Waals surface area contributed by atoms with Gasteiger partial charge in [-0.1, -0.05) is 6.42 Å². The third-order valence-electron chi connectivity index (χ3n) is 5.71. The summed E-state index contributed by atoms with van der Waals surface area (Å²) in [6.45, 7) is 1.71. The Morgan fingerprint density at radius 3 is 2.27 bits per heavy atom. The Bertz CT molecular complexity index is 1010. The molecule has 178 valence electrons. The Kier molecular flexibility index (Phi) is 7.41. The normalized spacial score (nSPS) is 15.0. The highest BCUT2D eigenvalue weighted by Gasteiger charge is 2.33. The van der Waals surface area contributed by atoms with E-state index in [9.17, 15) is 14.0 Å². The average Bonchev–Trinajstić information content (AvgIpc) is 2.72. The van der Waals surface area contributed by atoms with Gasteiger partial charge in [-0.2, -0.15) is 0 Å². The predicted molar refractivity (Wildman–Crippen MR) is 121 cm³/mol. The van der Waals surface area contributed by atoms with E-state index >= 15 is 0 Å². The molecule has 3 rings (SSSR count). The Morgan fingerprint density at radius 1 is 1.15 bits per heavy atom. The van der Waals surface area contributed by atoms with Crippen LogP contribution in [0.15, 0.2) is 24.3 Å². The number of carbonyl (C=O) groups excluding carboxylic acids is 1. The van der Waals surface area contributed by atoms with Gasteiger partial charge < -0.3 is 36.3 Å². The molecule has 1 aliphatic rings. The molecule has 2 amide bonds. The van der Waals surface area contributed by atoms with Gasteiger partial charge in [0.15, 0.2) is 11.6 Å². The summed E-state index contributed by atoms with van der Waals surface area (Å²) in [5.41, 5.74) is 5.79. The van der Waals surface area contributed by atoms with Crippen LogP contribution in [0.2, 0.25) is 0 Å². The molecule has 1 heterocycles. The van der Waals surface area contributed by atoms with E-state index in [0.717, 1.165) is 25.3 Å². The van der Waals surface area contributed by atoms with Crippen molar-refractivity contribution in [2.75, 3.05) is 24.9 Å². The molecule has 1 aromatic heterocycles. The molecule has 10 nitrogen and oxygen atoms in total. The minimum absolute atomic E-state index is 0.0351. The van der Waals surface area contributed by atoms with Crippen LogP contribution in [-0.2, 0) is 0 Å². The molecule has 0 saturated heterocycles. The van der Waals surface area contributed by atoms with Crippen molar-refractivity contribution in [3.05, 3.63) is 35.6 Å². The van der Waals surface area contributed by atoms with Gasteiger partial charge in [0.25, 0.3) is 5.91 Å². The lowest BCUT2D eigenvalue weighted by atomic mass is 9.77. The van der Waals surface area contributed by atoms with E-state index in [-0.39, 0.29) is 29.2 Å². The number of halogens is 1.